The van der Waals surface area contributed by atoms with Crippen LogP contribution >= 0.6 is 0 Å². The van der Waals surface area contributed by atoms with E-state index in [2.05, 4.69) is 47.5 Å². The Labute approximate surface area is 279 Å². The molecule has 0 saturated carbocycles. The molecule has 0 bridgehead atoms. The first-order chi connectivity index (χ1) is 23.8. The van der Waals surface area contributed by atoms with Crippen LogP contribution in [0.2, 0.25) is 0 Å². The molecule has 0 saturated heterocycles. The first-order valence-electron chi connectivity index (χ1n) is 14.9. The van der Waals surface area contributed by atoms with Gasteiger partial charge in [0.2, 0.25) is 40.7 Å². The van der Waals surface area contributed by atoms with Crippen molar-refractivity contribution < 1.29 is 50.3 Å². The van der Waals surface area contributed by atoms with Gasteiger partial charge < -0.3 is 22.2 Å². The van der Waals surface area contributed by atoms with E-state index in [1.54, 1.807) is 0 Å². The zero-order valence-electron chi connectivity index (χ0n) is 26.2. The maximum absolute atomic E-state index is 13.9. The number of Topliss-reactive ketones (excluding diaryl/α,β-unsaturated/α-hetero) is 4. The number of unbranched alkanes of at least 4 members (excludes halogenated alkanes) is 2. The van der Waals surface area contributed by atoms with Crippen LogP contribution in [0, 0.1) is 35.4 Å². The number of rotatable bonds is 25. The number of nitrogens with one attached hydrogen (secondary N) is 7. The van der Waals surface area contributed by atoms with E-state index in [9.17, 15) is 50.3 Å². The second-order valence-electron chi connectivity index (χ2n) is 10.2. The maximum atomic E-state index is 13.9. The summed E-state index contributed by atoms with van der Waals surface area (Å²) in [6.45, 7) is -1.53. The molecule has 0 radical (unpaired) electrons. The van der Waals surface area contributed by atoms with E-state index in [1.807, 2.05) is 10.7 Å². The maximum Gasteiger partial charge on any atom is 0.271 e. The summed E-state index contributed by atoms with van der Waals surface area (Å²) in [5.74, 6) is -15.3. The van der Waals surface area contributed by atoms with Crippen molar-refractivity contribution in [2.45, 2.75) is 50.6 Å². The van der Waals surface area contributed by atoms with Crippen molar-refractivity contribution in [1.29, 1.82) is 0 Å². The lowest BCUT2D eigenvalue weighted by Crippen LogP contribution is -2.51. The van der Waals surface area contributed by atoms with Crippen molar-refractivity contribution in [2.75, 3.05) is 43.5 Å². The highest BCUT2D eigenvalue weighted by molar-refractivity contribution is 6.40. The second-order valence-corrected chi connectivity index (χ2v) is 10.2. The monoisotopic (exact) mass is 723 g/mol. The quantitative estimate of drug-likeness (QED) is 0.0235. The molecule has 2 aromatic heterocycles. The highest BCUT2D eigenvalue weighted by atomic mass is 19.2. The topological polar surface area (TPSA) is 273 Å². The lowest BCUT2D eigenvalue weighted by molar-refractivity contribution is -0.137. The third kappa shape index (κ3) is 13.0. The van der Waals surface area contributed by atoms with Crippen molar-refractivity contribution >= 4 is 40.4 Å². The van der Waals surface area contributed by atoms with Crippen molar-refractivity contribution in [3.63, 3.8) is 0 Å². The summed E-state index contributed by atoms with van der Waals surface area (Å²) in [5.41, 5.74) is 22.2. The van der Waals surface area contributed by atoms with Crippen LogP contribution in [0.4, 0.5) is 37.7 Å². The van der Waals surface area contributed by atoms with Gasteiger partial charge in [-0.25, -0.2) is 27.1 Å². The predicted octanol–water partition coefficient (Wildman–Crippen LogP) is -1.88. The number of ketones is 4. The molecular weight excluding hydrogens is 688 g/mol. The number of halogens is 6. The van der Waals surface area contributed by atoms with Crippen molar-refractivity contribution in [3.05, 3.63) is 35.4 Å². The Morgan fingerprint density at radius 3 is 1.58 bits per heavy atom. The second kappa shape index (κ2) is 21.5. The lowest BCUT2D eigenvalue weighted by Gasteiger charge is -2.19. The van der Waals surface area contributed by atoms with Crippen molar-refractivity contribution in [3.8, 4) is 0 Å². The van der Waals surface area contributed by atoms with Crippen LogP contribution in [0.3, 0.4) is 0 Å². The van der Waals surface area contributed by atoms with E-state index < -0.39 is 108 Å². The fourth-order valence-corrected chi connectivity index (χ4v) is 3.88. The Bertz CT molecular complexity index is 1510. The molecule has 18 nitrogen and oxygen atoms in total. The third-order valence-corrected chi connectivity index (χ3v) is 6.55. The van der Waals surface area contributed by atoms with Gasteiger partial charge in [-0.3, -0.25) is 24.0 Å². The van der Waals surface area contributed by atoms with Gasteiger partial charge in [0.05, 0.1) is 25.7 Å². The number of carbonyl (C=O) groups is 5. The van der Waals surface area contributed by atoms with Gasteiger partial charge in [0.1, 0.15) is 17.4 Å². The standard InChI is InChI=1S/C26H35F6N13O5/c27-17-19(24(31)44-42-22(17)29)38-26(50)13(6-2-4-8-34)39-37-10-15(47)14(46)9-35-36-11-16(48)21(49)12(5-1-3-7-33)40-41-20-18(28)23(30)43-45-25(20)32/h12-13,35-37,39-40H,1-11,33-34H2,(H,41,43)(H,38,42,50)/t12-,13-/m0/s1. The van der Waals surface area contributed by atoms with Crippen LogP contribution < -0.4 is 49.3 Å². The summed E-state index contributed by atoms with van der Waals surface area (Å²) >= 11 is 0. The zero-order valence-corrected chi connectivity index (χ0v) is 26.2. The van der Waals surface area contributed by atoms with Crippen LogP contribution in [0.5, 0.6) is 0 Å². The SMILES string of the molecule is NCCCC[C@H](NNCC(=O)C(=O)CNNCC(=O)C(=O)[C@H](CCCCN)NNc1c(F)nnc(F)c1F)C(=O)Nc1c(F)nnc(F)c1F. The number of hydrogen-bond donors (Lipinski definition) is 9. The number of hydrazine groups is 3. The zero-order chi connectivity index (χ0) is 37.2. The Balaban J connectivity index is 1.85. The summed E-state index contributed by atoms with van der Waals surface area (Å²) in [4.78, 5) is 62.3. The Kier molecular flexibility index (Phi) is 17.9. The van der Waals surface area contributed by atoms with Gasteiger partial charge in [-0.1, -0.05) is 12.8 Å². The lowest BCUT2D eigenvalue weighted by atomic mass is 10.0. The molecule has 0 unspecified atom stereocenters. The molecular formula is C26H35F6N13O5. The van der Waals surface area contributed by atoms with Crippen LogP contribution in [0.25, 0.3) is 0 Å². The predicted molar refractivity (Wildman–Crippen MR) is 160 cm³/mol. The van der Waals surface area contributed by atoms with Gasteiger partial charge in [-0.2, -0.15) is 26.3 Å². The summed E-state index contributed by atoms with van der Waals surface area (Å²) in [5, 5.41) is 12.6. The average molecular weight is 724 g/mol. The van der Waals surface area contributed by atoms with Gasteiger partial charge >= 0.3 is 0 Å². The largest absolute Gasteiger partial charge is 0.330 e. The average Bonchev–Trinajstić information content (AvgIpc) is 3.09. The van der Waals surface area contributed by atoms with E-state index in [0.29, 0.717) is 25.7 Å². The molecule has 0 aliphatic heterocycles. The summed E-state index contributed by atoms with van der Waals surface area (Å²) in [7, 11) is 0. The normalized spacial score (nSPS) is 12.3. The summed E-state index contributed by atoms with van der Waals surface area (Å²) < 4.78 is 82.1. The van der Waals surface area contributed by atoms with Gasteiger partial charge in [0.15, 0.2) is 0 Å². The van der Waals surface area contributed by atoms with Crippen LogP contribution in [0.15, 0.2) is 0 Å². The molecule has 50 heavy (non-hydrogen) atoms. The van der Waals surface area contributed by atoms with E-state index in [0.717, 1.165) is 0 Å². The van der Waals surface area contributed by atoms with E-state index in [-0.39, 0.29) is 25.9 Å². The smallest absolute Gasteiger partial charge is 0.271 e. The first kappa shape index (κ1) is 41.6. The number of carbonyl (C=O) groups excluding carboxylic acids is 5. The molecule has 2 heterocycles. The number of amides is 1. The summed E-state index contributed by atoms with van der Waals surface area (Å²) in [6.07, 6.45) is 1.56. The Morgan fingerprint density at radius 2 is 1.02 bits per heavy atom. The van der Waals surface area contributed by atoms with Crippen LogP contribution in [-0.4, -0.2) is 94.2 Å². The molecule has 0 fully saturated rings. The first-order valence-corrected chi connectivity index (χ1v) is 14.9. The van der Waals surface area contributed by atoms with Gasteiger partial charge in [0.25, 0.3) is 23.8 Å². The van der Waals surface area contributed by atoms with Crippen LogP contribution in [-0.2, 0) is 24.0 Å². The van der Waals surface area contributed by atoms with Crippen molar-refractivity contribution in [1.82, 2.24) is 47.5 Å². The minimum Gasteiger partial charge on any atom is -0.330 e. The highest BCUT2D eigenvalue weighted by Crippen LogP contribution is 2.19. The third-order valence-electron chi connectivity index (χ3n) is 6.55. The van der Waals surface area contributed by atoms with Gasteiger partial charge in [0, 0.05) is 0 Å². The molecule has 1 amide bonds. The number of hydrogen-bond acceptors (Lipinski definition) is 17. The number of nitrogens with zero attached hydrogens (tertiary/aromatic N) is 4. The molecule has 0 aromatic carbocycles. The molecule has 0 aliphatic rings. The fraction of sp³-hybridized carbons (Fsp3) is 0.500. The fourth-order valence-electron chi connectivity index (χ4n) is 3.88. The molecule has 0 aliphatic carbocycles. The minimum atomic E-state index is -1.78. The molecule has 11 N–H and O–H groups in total. The molecule has 2 aromatic rings. The minimum absolute atomic E-state index is 0.0245. The molecule has 2 atom stereocenters. The van der Waals surface area contributed by atoms with Crippen molar-refractivity contribution in [2.24, 2.45) is 11.5 Å². The molecule has 276 valence electrons. The Hall–Kier alpha value is -4.59. The molecule has 2 rings (SSSR count). The highest BCUT2D eigenvalue weighted by Gasteiger charge is 2.27. The van der Waals surface area contributed by atoms with Gasteiger partial charge in [-0.05, 0) is 38.8 Å². The Morgan fingerprint density at radius 1 is 0.560 bits per heavy atom. The van der Waals surface area contributed by atoms with E-state index in [1.165, 1.54) is 0 Å². The van der Waals surface area contributed by atoms with E-state index >= 15 is 0 Å². The number of anilines is 2. The number of nitrogens with two attached hydrogens (primary N) is 2. The van der Waals surface area contributed by atoms with E-state index in [4.69, 9.17) is 11.5 Å². The number of aromatic nitrogens is 4. The summed E-state index contributed by atoms with van der Waals surface area (Å²) in [6, 6.07) is -2.60. The van der Waals surface area contributed by atoms with Crippen LogP contribution in [0.1, 0.15) is 38.5 Å². The molecule has 0 spiro atoms. The molecule has 24 heteroatoms. The van der Waals surface area contributed by atoms with Gasteiger partial charge in [-0.15, -0.1) is 20.4 Å².